The first-order valence-electron chi connectivity index (χ1n) is 9.08. The Bertz CT molecular complexity index is 975. The SMILES string of the molecule is Cc1ccc(C2OC2(Cn2ncnc2C)c2ccc(C)cc2C)c(C)c1. The molecule has 0 N–H and O–H groups in total. The van der Waals surface area contributed by atoms with Crippen LogP contribution in [0.4, 0.5) is 0 Å². The van der Waals surface area contributed by atoms with E-state index in [1.165, 1.54) is 33.4 Å². The van der Waals surface area contributed by atoms with Gasteiger partial charge in [0, 0.05) is 0 Å². The van der Waals surface area contributed by atoms with Gasteiger partial charge in [-0.3, -0.25) is 0 Å². The van der Waals surface area contributed by atoms with Gasteiger partial charge >= 0.3 is 0 Å². The van der Waals surface area contributed by atoms with Gasteiger partial charge in [-0.1, -0.05) is 47.5 Å². The van der Waals surface area contributed by atoms with Crippen LogP contribution in [0.1, 0.15) is 45.3 Å². The fraction of sp³-hybridized carbons (Fsp3) is 0.364. The van der Waals surface area contributed by atoms with Crippen molar-refractivity contribution >= 4 is 0 Å². The Morgan fingerprint density at radius 3 is 2.27 bits per heavy atom. The molecule has 2 heterocycles. The third kappa shape index (κ3) is 2.74. The molecule has 2 atom stereocenters. The maximum atomic E-state index is 6.46. The Morgan fingerprint density at radius 1 is 0.962 bits per heavy atom. The van der Waals surface area contributed by atoms with Gasteiger partial charge in [-0.05, 0) is 56.9 Å². The number of hydrogen-bond acceptors (Lipinski definition) is 3. The molecule has 0 bridgehead atoms. The standard InChI is InChI=1S/C22H25N3O/c1-14-6-8-19(16(3)10-14)21-22(26-21,12-25-18(5)23-13-24-25)20-9-7-15(2)11-17(20)4/h6-11,13,21H,12H2,1-5H3. The van der Waals surface area contributed by atoms with Crippen molar-refractivity contribution in [3.63, 3.8) is 0 Å². The second-order valence-electron chi connectivity index (χ2n) is 7.53. The van der Waals surface area contributed by atoms with Crippen molar-refractivity contribution < 1.29 is 4.74 Å². The second-order valence-corrected chi connectivity index (χ2v) is 7.53. The zero-order valence-electron chi connectivity index (χ0n) is 16.1. The van der Waals surface area contributed by atoms with E-state index in [-0.39, 0.29) is 6.10 Å². The molecule has 3 aromatic rings. The van der Waals surface area contributed by atoms with Crippen molar-refractivity contribution in [2.24, 2.45) is 0 Å². The third-order valence-corrected chi connectivity index (χ3v) is 5.43. The number of aryl methyl sites for hydroxylation is 5. The minimum Gasteiger partial charge on any atom is -0.354 e. The fourth-order valence-electron chi connectivity index (χ4n) is 4.01. The highest BCUT2D eigenvalue weighted by molar-refractivity contribution is 5.44. The predicted octanol–water partition coefficient (Wildman–Crippen LogP) is 4.49. The fourth-order valence-corrected chi connectivity index (χ4v) is 4.01. The summed E-state index contributed by atoms with van der Waals surface area (Å²) in [6, 6.07) is 13.2. The van der Waals surface area contributed by atoms with Gasteiger partial charge in [-0.15, -0.1) is 0 Å². The van der Waals surface area contributed by atoms with Gasteiger partial charge in [0.15, 0.2) is 0 Å². The topological polar surface area (TPSA) is 43.2 Å². The van der Waals surface area contributed by atoms with E-state index < -0.39 is 5.60 Å². The maximum Gasteiger partial charge on any atom is 0.144 e. The Labute approximate surface area is 154 Å². The highest BCUT2D eigenvalue weighted by atomic mass is 16.6. The van der Waals surface area contributed by atoms with E-state index in [0.717, 1.165) is 5.82 Å². The lowest BCUT2D eigenvalue weighted by Crippen LogP contribution is -2.22. The van der Waals surface area contributed by atoms with Gasteiger partial charge in [-0.2, -0.15) is 5.10 Å². The summed E-state index contributed by atoms with van der Waals surface area (Å²) in [6.07, 6.45) is 1.65. The van der Waals surface area contributed by atoms with Gasteiger partial charge < -0.3 is 4.74 Å². The van der Waals surface area contributed by atoms with Crippen LogP contribution in [0, 0.1) is 34.6 Å². The highest BCUT2D eigenvalue weighted by Gasteiger charge is 2.60. The highest BCUT2D eigenvalue weighted by Crippen LogP contribution is 2.59. The van der Waals surface area contributed by atoms with Gasteiger partial charge in [0.05, 0.1) is 6.54 Å². The lowest BCUT2D eigenvalue weighted by Gasteiger charge is -2.18. The number of nitrogens with zero attached hydrogens (tertiary/aromatic N) is 3. The Balaban J connectivity index is 1.80. The molecule has 2 aromatic carbocycles. The first-order valence-corrected chi connectivity index (χ1v) is 9.08. The summed E-state index contributed by atoms with van der Waals surface area (Å²) < 4.78 is 8.41. The summed E-state index contributed by atoms with van der Waals surface area (Å²) in [5, 5.41) is 4.40. The Kier molecular flexibility index (Phi) is 3.96. The monoisotopic (exact) mass is 347 g/mol. The number of epoxide rings is 1. The minimum atomic E-state index is -0.393. The van der Waals surface area contributed by atoms with Crippen molar-refractivity contribution in [2.75, 3.05) is 0 Å². The van der Waals surface area contributed by atoms with E-state index in [2.05, 4.69) is 74.2 Å². The van der Waals surface area contributed by atoms with E-state index >= 15 is 0 Å². The molecule has 1 aromatic heterocycles. The summed E-state index contributed by atoms with van der Waals surface area (Å²) in [5.41, 5.74) is 7.18. The molecule has 1 aliphatic heterocycles. The van der Waals surface area contributed by atoms with Crippen molar-refractivity contribution in [1.29, 1.82) is 0 Å². The van der Waals surface area contributed by atoms with E-state index in [9.17, 15) is 0 Å². The molecule has 134 valence electrons. The zero-order chi connectivity index (χ0) is 18.5. The number of hydrogen-bond donors (Lipinski definition) is 0. The van der Waals surface area contributed by atoms with Crippen LogP contribution in [-0.4, -0.2) is 14.8 Å². The number of benzene rings is 2. The summed E-state index contributed by atoms with van der Waals surface area (Å²) in [5.74, 6) is 0.906. The Hall–Kier alpha value is -2.46. The van der Waals surface area contributed by atoms with Crippen molar-refractivity contribution in [2.45, 2.75) is 52.9 Å². The molecule has 0 aliphatic carbocycles. The molecule has 1 aliphatic rings. The average molecular weight is 347 g/mol. The molecule has 26 heavy (non-hydrogen) atoms. The minimum absolute atomic E-state index is 0.0353. The molecule has 4 nitrogen and oxygen atoms in total. The van der Waals surface area contributed by atoms with Crippen LogP contribution in [0.25, 0.3) is 0 Å². The molecule has 0 spiro atoms. The molecule has 1 fully saturated rings. The largest absolute Gasteiger partial charge is 0.354 e. The number of rotatable bonds is 4. The first kappa shape index (κ1) is 17.0. The van der Waals surface area contributed by atoms with Crippen molar-refractivity contribution in [3.05, 3.63) is 81.9 Å². The molecule has 4 heteroatoms. The van der Waals surface area contributed by atoms with E-state index in [1.54, 1.807) is 6.33 Å². The van der Waals surface area contributed by atoms with Crippen LogP contribution in [0.3, 0.4) is 0 Å². The van der Waals surface area contributed by atoms with Gasteiger partial charge in [-0.25, -0.2) is 9.67 Å². The van der Waals surface area contributed by atoms with Crippen molar-refractivity contribution in [1.82, 2.24) is 14.8 Å². The van der Waals surface area contributed by atoms with E-state index in [4.69, 9.17) is 4.74 Å². The van der Waals surface area contributed by atoms with Crippen LogP contribution in [0.5, 0.6) is 0 Å². The quantitative estimate of drug-likeness (QED) is 0.653. The average Bonchev–Trinajstić information content (AvgIpc) is 3.13. The predicted molar refractivity (Wildman–Crippen MR) is 102 cm³/mol. The lowest BCUT2D eigenvalue weighted by atomic mass is 9.86. The smallest absolute Gasteiger partial charge is 0.144 e. The first-order chi connectivity index (χ1) is 12.4. The number of aromatic nitrogens is 3. The van der Waals surface area contributed by atoms with Crippen LogP contribution < -0.4 is 0 Å². The van der Waals surface area contributed by atoms with Gasteiger partial charge in [0.25, 0.3) is 0 Å². The van der Waals surface area contributed by atoms with E-state index in [1.807, 2.05) is 11.6 Å². The molecule has 2 unspecified atom stereocenters. The van der Waals surface area contributed by atoms with Crippen molar-refractivity contribution in [3.8, 4) is 0 Å². The summed E-state index contributed by atoms with van der Waals surface area (Å²) in [6.45, 7) is 11.2. The van der Waals surface area contributed by atoms with Gasteiger partial charge in [0.1, 0.15) is 23.9 Å². The van der Waals surface area contributed by atoms with Crippen LogP contribution in [0.15, 0.2) is 42.7 Å². The summed E-state index contributed by atoms with van der Waals surface area (Å²) in [4.78, 5) is 4.28. The molecule has 0 saturated carbocycles. The molecular weight excluding hydrogens is 322 g/mol. The lowest BCUT2D eigenvalue weighted by molar-refractivity contribution is 0.260. The maximum absolute atomic E-state index is 6.46. The molecule has 1 saturated heterocycles. The third-order valence-electron chi connectivity index (χ3n) is 5.43. The summed E-state index contributed by atoms with van der Waals surface area (Å²) >= 11 is 0. The number of ether oxygens (including phenoxy) is 1. The van der Waals surface area contributed by atoms with E-state index in [0.29, 0.717) is 6.54 Å². The second kappa shape index (κ2) is 6.06. The normalized spacial score (nSPS) is 21.8. The van der Waals surface area contributed by atoms with Gasteiger partial charge in [0.2, 0.25) is 0 Å². The molecular formula is C22H25N3O. The van der Waals surface area contributed by atoms with Crippen LogP contribution in [-0.2, 0) is 16.9 Å². The molecule has 0 radical (unpaired) electrons. The summed E-state index contributed by atoms with van der Waals surface area (Å²) in [7, 11) is 0. The molecule has 0 amide bonds. The van der Waals surface area contributed by atoms with Crippen LogP contribution >= 0.6 is 0 Å². The Morgan fingerprint density at radius 2 is 1.65 bits per heavy atom. The molecule has 4 rings (SSSR count). The zero-order valence-corrected chi connectivity index (χ0v) is 16.1. The van der Waals surface area contributed by atoms with Crippen LogP contribution in [0.2, 0.25) is 0 Å².